The first-order chi connectivity index (χ1) is 11.4. The smallest absolute Gasteiger partial charge is 0.319 e. The molecule has 0 heterocycles. The van der Waals surface area contributed by atoms with Crippen molar-refractivity contribution in [2.24, 2.45) is 0 Å². The second-order valence-electron chi connectivity index (χ2n) is 5.86. The summed E-state index contributed by atoms with van der Waals surface area (Å²) in [6.45, 7) is 6.06. The minimum Gasteiger partial charge on any atom is -0.337 e. The van der Waals surface area contributed by atoms with Gasteiger partial charge in [-0.25, -0.2) is 4.79 Å². The first kappa shape index (κ1) is 18.0. The molecule has 2 N–H and O–H groups in total. The number of carbonyl (C=O) groups excluding carboxylic acids is 2. The Morgan fingerprint density at radius 2 is 1.67 bits per heavy atom. The molecule has 0 aromatic heterocycles. The zero-order valence-corrected chi connectivity index (χ0v) is 14.8. The lowest BCUT2D eigenvalue weighted by Gasteiger charge is -2.12. The fourth-order valence-electron chi connectivity index (χ4n) is 2.41. The van der Waals surface area contributed by atoms with Crippen LogP contribution in [0.4, 0.5) is 10.5 Å². The van der Waals surface area contributed by atoms with Crippen molar-refractivity contribution in [1.29, 1.82) is 0 Å². The molecule has 0 atom stereocenters. The molecular weight excluding hydrogens is 324 g/mol. The van der Waals surface area contributed by atoms with Gasteiger partial charge in [-0.1, -0.05) is 47.5 Å². The average molecular weight is 345 g/mol. The summed E-state index contributed by atoms with van der Waals surface area (Å²) in [5.74, 6) is -0.000140. The van der Waals surface area contributed by atoms with Crippen LogP contribution < -0.4 is 10.6 Å². The van der Waals surface area contributed by atoms with E-state index in [0.29, 0.717) is 16.3 Å². The van der Waals surface area contributed by atoms with Gasteiger partial charge in [0.05, 0.1) is 10.7 Å². The van der Waals surface area contributed by atoms with Crippen LogP contribution in [-0.2, 0) is 0 Å². The number of anilines is 1. The summed E-state index contributed by atoms with van der Waals surface area (Å²) in [7, 11) is 0. The molecule has 0 spiro atoms. The van der Waals surface area contributed by atoms with E-state index in [4.69, 9.17) is 11.6 Å². The maximum Gasteiger partial charge on any atom is 0.319 e. The second-order valence-corrected chi connectivity index (χ2v) is 6.27. The summed E-state index contributed by atoms with van der Waals surface area (Å²) < 4.78 is 0. The van der Waals surface area contributed by atoms with E-state index in [2.05, 4.69) is 10.6 Å². The Morgan fingerprint density at radius 3 is 2.29 bits per heavy atom. The van der Waals surface area contributed by atoms with Crippen LogP contribution in [-0.4, -0.2) is 18.4 Å². The van der Waals surface area contributed by atoms with Gasteiger partial charge in [0.1, 0.15) is 0 Å². The van der Waals surface area contributed by atoms with Crippen molar-refractivity contribution in [2.75, 3.05) is 11.9 Å². The van der Waals surface area contributed by atoms with E-state index >= 15 is 0 Å². The van der Waals surface area contributed by atoms with E-state index < -0.39 is 0 Å². The number of urea groups is 1. The summed E-state index contributed by atoms with van der Waals surface area (Å²) in [5, 5.41) is 5.91. The van der Waals surface area contributed by atoms with Crippen molar-refractivity contribution in [3.05, 3.63) is 63.7 Å². The van der Waals surface area contributed by atoms with E-state index in [1.54, 1.807) is 18.2 Å². The highest BCUT2D eigenvalue weighted by molar-refractivity contribution is 6.34. The molecular formula is C19H21ClN2O2. The van der Waals surface area contributed by atoms with Crippen LogP contribution in [0.15, 0.2) is 36.4 Å². The molecule has 0 bridgehead atoms. The van der Waals surface area contributed by atoms with E-state index in [-0.39, 0.29) is 24.8 Å². The van der Waals surface area contributed by atoms with Crippen LogP contribution in [0.2, 0.25) is 5.02 Å². The Morgan fingerprint density at radius 1 is 1.00 bits per heavy atom. The Balaban J connectivity index is 1.85. The van der Waals surface area contributed by atoms with Gasteiger partial charge in [-0.05, 0) is 38.0 Å². The molecule has 0 radical (unpaired) electrons. The van der Waals surface area contributed by atoms with Gasteiger partial charge in [-0.2, -0.15) is 0 Å². The first-order valence-corrected chi connectivity index (χ1v) is 8.16. The minimum atomic E-state index is -0.374. The van der Waals surface area contributed by atoms with Crippen molar-refractivity contribution >= 4 is 29.1 Å². The van der Waals surface area contributed by atoms with E-state index in [9.17, 15) is 9.59 Å². The normalized spacial score (nSPS) is 10.3. The summed E-state index contributed by atoms with van der Waals surface area (Å²) in [6.07, 6.45) is 0.247. The molecule has 2 aromatic rings. The first-order valence-electron chi connectivity index (χ1n) is 7.78. The Labute approximate surface area is 147 Å². The molecule has 4 nitrogen and oxygen atoms in total. The standard InChI is InChI=1S/C19H21ClN2O2/c1-12-4-6-15(7-5-12)17(23)8-9-21-19(24)22-18-14(3)10-13(2)11-16(18)20/h4-7,10-11H,8-9H2,1-3H3,(H2,21,22,24). The van der Waals surface area contributed by atoms with Gasteiger partial charge in [-0.3, -0.25) is 4.79 Å². The third kappa shape index (κ3) is 4.83. The van der Waals surface area contributed by atoms with E-state index in [0.717, 1.165) is 16.7 Å². The number of Topliss-reactive ketones (excluding diaryl/α,β-unsaturated/α-hetero) is 1. The molecule has 2 aromatic carbocycles. The van der Waals surface area contributed by atoms with Gasteiger partial charge >= 0.3 is 6.03 Å². The second kappa shape index (κ2) is 7.97. The summed E-state index contributed by atoms with van der Waals surface area (Å²) >= 11 is 6.16. The number of carbonyl (C=O) groups is 2. The molecule has 24 heavy (non-hydrogen) atoms. The zero-order chi connectivity index (χ0) is 17.7. The van der Waals surface area contributed by atoms with Crippen LogP contribution >= 0.6 is 11.6 Å². The monoisotopic (exact) mass is 344 g/mol. The summed E-state index contributed by atoms with van der Waals surface area (Å²) in [5.41, 5.74) is 4.28. The highest BCUT2D eigenvalue weighted by Crippen LogP contribution is 2.27. The van der Waals surface area contributed by atoms with Gasteiger partial charge in [0.2, 0.25) is 0 Å². The molecule has 126 valence electrons. The third-order valence-electron chi connectivity index (χ3n) is 3.68. The maximum atomic E-state index is 12.0. The van der Waals surface area contributed by atoms with Crippen molar-refractivity contribution < 1.29 is 9.59 Å². The number of rotatable bonds is 5. The number of halogens is 1. The molecule has 5 heteroatoms. The van der Waals surface area contributed by atoms with Crippen molar-refractivity contribution in [3.63, 3.8) is 0 Å². The van der Waals surface area contributed by atoms with Gasteiger partial charge in [-0.15, -0.1) is 0 Å². The molecule has 0 unspecified atom stereocenters. The third-order valence-corrected chi connectivity index (χ3v) is 3.98. The largest absolute Gasteiger partial charge is 0.337 e. The Kier molecular flexibility index (Phi) is 5.99. The topological polar surface area (TPSA) is 58.2 Å². The molecule has 0 saturated heterocycles. The maximum absolute atomic E-state index is 12.0. The van der Waals surface area contributed by atoms with Crippen LogP contribution in [0.3, 0.4) is 0 Å². The Hall–Kier alpha value is -2.33. The van der Waals surface area contributed by atoms with Crippen molar-refractivity contribution in [1.82, 2.24) is 5.32 Å². The number of ketones is 1. The predicted molar refractivity (Wildman–Crippen MR) is 98.1 cm³/mol. The van der Waals surface area contributed by atoms with Crippen LogP contribution in [0.5, 0.6) is 0 Å². The molecule has 0 aliphatic carbocycles. The molecule has 0 aliphatic rings. The van der Waals surface area contributed by atoms with Gasteiger partial charge in [0, 0.05) is 18.5 Å². The SMILES string of the molecule is Cc1ccc(C(=O)CCNC(=O)Nc2c(C)cc(C)cc2Cl)cc1. The highest BCUT2D eigenvalue weighted by Gasteiger charge is 2.10. The summed E-state index contributed by atoms with van der Waals surface area (Å²) in [6, 6.07) is 10.8. The molecule has 0 fully saturated rings. The fraction of sp³-hybridized carbons (Fsp3) is 0.263. The van der Waals surface area contributed by atoms with Crippen LogP contribution in [0, 0.1) is 20.8 Å². The quantitative estimate of drug-likeness (QED) is 0.775. The number of aryl methyl sites for hydroxylation is 3. The molecule has 0 saturated carbocycles. The lowest BCUT2D eigenvalue weighted by atomic mass is 10.1. The van der Waals surface area contributed by atoms with Gasteiger partial charge in [0.25, 0.3) is 0 Å². The van der Waals surface area contributed by atoms with E-state index in [1.165, 1.54) is 0 Å². The Bertz CT molecular complexity index is 731. The lowest BCUT2D eigenvalue weighted by molar-refractivity contribution is 0.0983. The predicted octanol–water partition coefficient (Wildman–Crippen LogP) is 4.66. The number of amides is 2. The summed E-state index contributed by atoms with van der Waals surface area (Å²) in [4.78, 5) is 24.0. The lowest BCUT2D eigenvalue weighted by Crippen LogP contribution is -2.31. The van der Waals surface area contributed by atoms with Gasteiger partial charge < -0.3 is 10.6 Å². The minimum absolute atomic E-state index is 0.000140. The van der Waals surface area contributed by atoms with Crippen LogP contribution in [0.25, 0.3) is 0 Å². The molecule has 2 amide bonds. The van der Waals surface area contributed by atoms with E-state index in [1.807, 2.05) is 39.0 Å². The van der Waals surface area contributed by atoms with Crippen LogP contribution in [0.1, 0.15) is 33.5 Å². The average Bonchev–Trinajstić information content (AvgIpc) is 2.51. The van der Waals surface area contributed by atoms with Crippen molar-refractivity contribution in [2.45, 2.75) is 27.2 Å². The highest BCUT2D eigenvalue weighted by atomic mass is 35.5. The number of nitrogens with one attached hydrogen (secondary N) is 2. The molecule has 0 aliphatic heterocycles. The van der Waals surface area contributed by atoms with Crippen molar-refractivity contribution in [3.8, 4) is 0 Å². The fourth-order valence-corrected chi connectivity index (χ4v) is 2.77. The van der Waals surface area contributed by atoms with Gasteiger partial charge in [0.15, 0.2) is 5.78 Å². The molecule has 2 rings (SSSR count). The number of hydrogen-bond acceptors (Lipinski definition) is 2. The zero-order valence-electron chi connectivity index (χ0n) is 14.1. The number of hydrogen-bond donors (Lipinski definition) is 2. The number of benzene rings is 2.